The van der Waals surface area contributed by atoms with Gasteiger partial charge in [0.15, 0.2) is 5.82 Å². The minimum Gasteiger partial charge on any atom is -0.323 e. The van der Waals surface area contributed by atoms with Gasteiger partial charge in [0, 0.05) is 61.7 Å². The van der Waals surface area contributed by atoms with E-state index in [4.69, 9.17) is 0 Å². The lowest BCUT2D eigenvalue weighted by Crippen LogP contribution is -2.71. The molecule has 0 radical (unpaired) electrons. The molecule has 2 amide bonds. The van der Waals surface area contributed by atoms with Crippen molar-refractivity contribution in [3.8, 4) is 0 Å². The highest BCUT2D eigenvalue weighted by Crippen LogP contribution is 2.57. The Morgan fingerprint density at radius 3 is 2.13 bits per heavy atom. The SMILES string of the molecule is O=C(N1CC2(CC(Cc3ccc(C(F)(F)F)cc3F)C2)C1)N1CC2(CC(c3n[nH]c(C4CC(F)(F)C4)n3)C2)C1. The predicted molar refractivity (Wildman–Crippen MR) is 127 cm³/mol. The molecule has 210 valence electrons. The van der Waals surface area contributed by atoms with Crippen LogP contribution in [0.4, 0.5) is 31.1 Å². The average molecular weight is 554 g/mol. The zero-order valence-electron chi connectivity index (χ0n) is 21.2. The predicted octanol–water partition coefficient (Wildman–Crippen LogP) is 5.73. The summed E-state index contributed by atoms with van der Waals surface area (Å²) in [7, 11) is 0. The molecule has 3 saturated carbocycles. The molecule has 2 saturated heterocycles. The first-order chi connectivity index (χ1) is 18.3. The van der Waals surface area contributed by atoms with E-state index < -0.39 is 23.5 Å². The molecule has 5 fully saturated rings. The number of aromatic amines is 1. The summed E-state index contributed by atoms with van der Waals surface area (Å²) in [6.07, 6.45) is -1.02. The Morgan fingerprint density at radius 1 is 0.949 bits per heavy atom. The van der Waals surface area contributed by atoms with Crippen molar-refractivity contribution in [2.24, 2.45) is 16.7 Å². The van der Waals surface area contributed by atoms with E-state index in [0.29, 0.717) is 55.9 Å². The molecule has 6 nitrogen and oxygen atoms in total. The Hall–Kier alpha value is -2.79. The molecule has 12 heteroatoms. The van der Waals surface area contributed by atoms with Crippen LogP contribution in [0.25, 0.3) is 0 Å². The number of hydrogen-bond donors (Lipinski definition) is 1. The van der Waals surface area contributed by atoms with Gasteiger partial charge in [0.2, 0.25) is 5.92 Å². The fraction of sp³-hybridized carbons (Fsp3) is 0.667. The fourth-order valence-electron chi connectivity index (χ4n) is 7.70. The van der Waals surface area contributed by atoms with E-state index in [0.717, 1.165) is 31.7 Å². The number of H-pyrrole nitrogens is 1. The molecule has 3 aliphatic carbocycles. The van der Waals surface area contributed by atoms with Crippen LogP contribution >= 0.6 is 0 Å². The van der Waals surface area contributed by atoms with E-state index in [1.165, 1.54) is 6.07 Å². The van der Waals surface area contributed by atoms with Crippen molar-refractivity contribution >= 4 is 6.03 Å². The minimum absolute atomic E-state index is 0.0398. The zero-order chi connectivity index (χ0) is 27.4. The van der Waals surface area contributed by atoms with Crippen LogP contribution in [0.3, 0.4) is 0 Å². The molecule has 39 heavy (non-hydrogen) atoms. The van der Waals surface area contributed by atoms with E-state index in [1.54, 1.807) is 0 Å². The maximum absolute atomic E-state index is 14.2. The van der Waals surface area contributed by atoms with Gasteiger partial charge in [0.05, 0.1) is 5.56 Å². The monoisotopic (exact) mass is 553 g/mol. The van der Waals surface area contributed by atoms with Crippen molar-refractivity contribution in [2.75, 3.05) is 26.2 Å². The van der Waals surface area contributed by atoms with Gasteiger partial charge in [0.25, 0.3) is 0 Å². The normalized spacial score (nSPS) is 25.6. The summed E-state index contributed by atoms with van der Waals surface area (Å²) >= 11 is 0. The number of urea groups is 1. The number of likely N-dealkylation sites (tertiary alicyclic amines) is 2. The quantitative estimate of drug-likeness (QED) is 0.492. The van der Waals surface area contributed by atoms with Crippen LogP contribution in [-0.4, -0.2) is 63.1 Å². The number of amides is 2. The average Bonchev–Trinajstić information content (AvgIpc) is 3.20. The van der Waals surface area contributed by atoms with Crippen LogP contribution in [0.2, 0.25) is 0 Å². The Labute approximate surface area is 221 Å². The Kier molecular flexibility index (Phi) is 5.25. The molecule has 1 aromatic heterocycles. The third-order valence-electron chi connectivity index (χ3n) is 9.70. The van der Waals surface area contributed by atoms with E-state index in [9.17, 15) is 31.1 Å². The first-order valence-corrected chi connectivity index (χ1v) is 13.5. The summed E-state index contributed by atoms with van der Waals surface area (Å²) in [6.45, 7) is 2.75. The van der Waals surface area contributed by atoms with Gasteiger partial charge in [-0.3, -0.25) is 5.10 Å². The molecule has 2 spiro atoms. The lowest BCUT2D eigenvalue weighted by Gasteiger charge is -2.63. The molecule has 2 aliphatic heterocycles. The van der Waals surface area contributed by atoms with Crippen molar-refractivity contribution in [3.63, 3.8) is 0 Å². The van der Waals surface area contributed by atoms with E-state index in [-0.39, 0.29) is 47.5 Å². The molecule has 7 rings (SSSR count). The van der Waals surface area contributed by atoms with Crippen LogP contribution in [0.5, 0.6) is 0 Å². The van der Waals surface area contributed by atoms with Gasteiger partial charge in [-0.2, -0.15) is 18.3 Å². The van der Waals surface area contributed by atoms with Crippen LogP contribution in [0, 0.1) is 22.6 Å². The van der Waals surface area contributed by atoms with Gasteiger partial charge < -0.3 is 9.80 Å². The van der Waals surface area contributed by atoms with Crippen LogP contribution < -0.4 is 0 Å². The van der Waals surface area contributed by atoms with E-state index in [2.05, 4.69) is 15.2 Å². The summed E-state index contributed by atoms with van der Waals surface area (Å²) in [5.74, 6) is -2.00. The number of carbonyl (C=O) groups is 1. The topological polar surface area (TPSA) is 65.1 Å². The second-order valence-electron chi connectivity index (χ2n) is 12.9. The number of aromatic nitrogens is 3. The highest BCUT2D eigenvalue weighted by Gasteiger charge is 2.59. The van der Waals surface area contributed by atoms with Crippen molar-refractivity contribution in [1.29, 1.82) is 0 Å². The molecular weight excluding hydrogens is 524 g/mol. The highest BCUT2D eigenvalue weighted by atomic mass is 19.4. The number of nitrogens with zero attached hydrogens (tertiary/aromatic N) is 4. The lowest BCUT2D eigenvalue weighted by atomic mass is 9.56. The van der Waals surface area contributed by atoms with Gasteiger partial charge in [-0.25, -0.2) is 22.9 Å². The smallest absolute Gasteiger partial charge is 0.323 e. The molecule has 2 aromatic rings. The lowest BCUT2D eigenvalue weighted by molar-refractivity contribution is -0.137. The number of rotatable bonds is 4. The number of benzene rings is 1. The number of halogens is 6. The maximum atomic E-state index is 14.2. The third kappa shape index (κ3) is 4.28. The molecule has 0 atom stereocenters. The number of carbonyl (C=O) groups excluding carboxylic acids is 1. The van der Waals surface area contributed by atoms with Crippen molar-refractivity contribution in [3.05, 3.63) is 46.8 Å². The summed E-state index contributed by atoms with van der Waals surface area (Å²) < 4.78 is 78.8. The molecule has 1 N–H and O–H groups in total. The van der Waals surface area contributed by atoms with Crippen LogP contribution in [0.1, 0.15) is 73.1 Å². The van der Waals surface area contributed by atoms with Gasteiger partial charge in [-0.05, 0) is 55.7 Å². The molecule has 1 aromatic carbocycles. The van der Waals surface area contributed by atoms with Crippen molar-refractivity contribution in [1.82, 2.24) is 25.0 Å². The summed E-state index contributed by atoms with van der Waals surface area (Å²) in [6, 6.07) is 2.78. The van der Waals surface area contributed by atoms with E-state index in [1.807, 2.05) is 9.80 Å². The van der Waals surface area contributed by atoms with Crippen LogP contribution in [0.15, 0.2) is 18.2 Å². The molecule has 0 bridgehead atoms. The number of nitrogens with one attached hydrogen (secondary N) is 1. The van der Waals surface area contributed by atoms with Gasteiger partial charge >= 0.3 is 12.2 Å². The Morgan fingerprint density at radius 2 is 1.56 bits per heavy atom. The van der Waals surface area contributed by atoms with Crippen molar-refractivity contribution in [2.45, 2.75) is 68.9 Å². The van der Waals surface area contributed by atoms with Crippen LogP contribution in [-0.2, 0) is 12.6 Å². The maximum Gasteiger partial charge on any atom is 0.416 e. The first-order valence-electron chi connectivity index (χ1n) is 13.5. The first kappa shape index (κ1) is 25.2. The fourth-order valence-corrected chi connectivity index (χ4v) is 7.70. The number of alkyl halides is 5. The zero-order valence-corrected chi connectivity index (χ0v) is 21.2. The Balaban J connectivity index is 0.837. The minimum atomic E-state index is -4.56. The third-order valence-corrected chi connectivity index (χ3v) is 9.70. The summed E-state index contributed by atoms with van der Waals surface area (Å²) in [4.78, 5) is 21.1. The van der Waals surface area contributed by atoms with E-state index >= 15 is 0 Å². The number of hydrogen-bond acceptors (Lipinski definition) is 3. The highest BCUT2D eigenvalue weighted by molar-refractivity contribution is 5.77. The molecule has 3 heterocycles. The molecule has 0 unspecified atom stereocenters. The second kappa shape index (κ2) is 8.13. The van der Waals surface area contributed by atoms with Crippen molar-refractivity contribution < 1.29 is 31.1 Å². The summed E-state index contributed by atoms with van der Waals surface area (Å²) in [5, 5.41) is 7.10. The van der Waals surface area contributed by atoms with Gasteiger partial charge in [0.1, 0.15) is 11.6 Å². The largest absolute Gasteiger partial charge is 0.416 e. The molecule has 5 aliphatic rings. The second-order valence-corrected chi connectivity index (χ2v) is 12.9. The van der Waals surface area contributed by atoms with Gasteiger partial charge in [-0.1, -0.05) is 6.07 Å². The standard InChI is InChI=1S/C27H29F6N5O/c28-20-4-19(27(31,32)33)2-1-16(20)3-15-5-24(6-15)11-37(12-24)23(39)38-13-25(14-38)7-17(8-25)21-34-22(36-35-21)18-9-26(29,30)10-18/h1-2,4,15,17-18H,3,5-14H2,(H,34,35,36). The summed E-state index contributed by atoms with van der Waals surface area (Å²) in [5.41, 5.74) is -0.510. The van der Waals surface area contributed by atoms with Gasteiger partial charge in [-0.15, -0.1) is 0 Å². The molecular formula is C27H29F6N5O. The Bertz CT molecular complexity index is 1290.